The number of benzene rings is 1. The third kappa shape index (κ3) is 3.45. The molecule has 1 aromatic carbocycles. The Hall–Kier alpha value is -2.07. The number of aromatic nitrogens is 1. The average molecular weight is 258 g/mol. The van der Waals surface area contributed by atoms with Crippen molar-refractivity contribution in [3.63, 3.8) is 0 Å². The monoisotopic (exact) mass is 258 g/mol. The minimum absolute atomic E-state index is 0.199. The number of carbonyl (C=O) groups excluding carboxylic acids is 1. The van der Waals surface area contributed by atoms with E-state index >= 15 is 0 Å². The highest BCUT2D eigenvalue weighted by atomic mass is 16.5. The van der Waals surface area contributed by atoms with Gasteiger partial charge in [0.05, 0.1) is 13.0 Å². The molecule has 0 spiro atoms. The summed E-state index contributed by atoms with van der Waals surface area (Å²) < 4.78 is 4.91. The number of aromatic amines is 1. The van der Waals surface area contributed by atoms with Crippen LogP contribution in [0.3, 0.4) is 0 Å². The molecule has 100 valence electrons. The van der Waals surface area contributed by atoms with Crippen LogP contribution in [0.4, 0.5) is 0 Å². The van der Waals surface area contributed by atoms with Crippen molar-refractivity contribution in [2.75, 3.05) is 6.61 Å². The Morgan fingerprint density at radius 2 is 2.21 bits per heavy atom. The molecule has 2 aromatic rings. The molecule has 0 aliphatic rings. The topological polar surface area (TPSA) is 68.1 Å². The summed E-state index contributed by atoms with van der Waals surface area (Å²) in [6, 6.07) is 9.56. The van der Waals surface area contributed by atoms with Gasteiger partial charge in [-0.25, -0.2) is 0 Å². The quantitative estimate of drug-likeness (QED) is 0.810. The van der Waals surface area contributed by atoms with Crippen LogP contribution in [0, 0.1) is 0 Å². The highest BCUT2D eigenvalue weighted by molar-refractivity contribution is 5.71. The van der Waals surface area contributed by atoms with Gasteiger partial charge in [0.25, 0.3) is 0 Å². The number of nitrogens with one attached hydrogen (secondary N) is 1. The lowest BCUT2D eigenvalue weighted by atomic mass is 10.00. The van der Waals surface area contributed by atoms with Crippen LogP contribution < -0.4 is 5.73 Å². The molecule has 0 bridgehead atoms. The maximum absolute atomic E-state index is 11.4. The van der Waals surface area contributed by atoms with E-state index in [1.807, 2.05) is 42.7 Å². The standard InChI is InChI=1S/C15H18N2O2/c1-2-19-15(18)9-14(16)12-5-3-4-11(8-12)13-6-7-17-10-13/h3-8,10,14,17H,2,9,16H2,1H3/t14-/m0/s1. The van der Waals surface area contributed by atoms with Gasteiger partial charge in [-0.3, -0.25) is 4.79 Å². The fourth-order valence-corrected chi connectivity index (χ4v) is 1.97. The van der Waals surface area contributed by atoms with Crippen LogP contribution in [0.15, 0.2) is 42.7 Å². The summed E-state index contributed by atoms with van der Waals surface area (Å²) in [7, 11) is 0. The second-order valence-corrected chi connectivity index (χ2v) is 4.34. The van der Waals surface area contributed by atoms with Crippen LogP contribution in [0.2, 0.25) is 0 Å². The first-order valence-electron chi connectivity index (χ1n) is 6.35. The van der Waals surface area contributed by atoms with Gasteiger partial charge in [-0.15, -0.1) is 0 Å². The molecule has 0 aliphatic heterocycles. The van der Waals surface area contributed by atoms with Crippen molar-refractivity contribution in [3.8, 4) is 11.1 Å². The van der Waals surface area contributed by atoms with Crippen molar-refractivity contribution in [1.29, 1.82) is 0 Å². The molecule has 1 heterocycles. The Balaban J connectivity index is 2.12. The number of carbonyl (C=O) groups is 1. The van der Waals surface area contributed by atoms with Crippen molar-refractivity contribution < 1.29 is 9.53 Å². The van der Waals surface area contributed by atoms with Crippen LogP contribution in [-0.4, -0.2) is 17.6 Å². The van der Waals surface area contributed by atoms with Crippen LogP contribution in [0.1, 0.15) is 24.9 Å². The van der Waals surface area contributed by atoms with Gasteiger partial charge in [0, 0.05) is 18.4 Å². The molecule has 0 saturated heterocycles. The maximum atomic E-state index is 11.4. The number of nitrogens with two attached hydrogens (primary N) is 1. The Morgan fingerprint density at radius 3 is 2.89 bits per heavy atom. The summed E-state index contributed by atoms with van der Waals surface area (Å²) in [4.78, 5) is 14.5. The van der Waals surface area contributed by atoms with Gasteiger partial charge in [-0.05, 0) is 35.7 Å². The summed E-state index contributed by atoms with van der Waals surface area (Å²) in [5.41, 5.74) is 9.16. The Kier molecular flexibility index (Phi) is 4.36. The summed E-state index contributed by atoms with van der Waals surface area (Å²) in [5, 5.41) is 0. The van der Waals surface area contributed by atoms with Crippen molar-refractivity contribution in [2.24, 2.45) is 5.73 Å². The molecular weight excluding hydrogens is 240 g/mol. The molecule has 0 saturated carbocycles. The van der Waals surface area contributed by atoms with Crippen LogP contribution >= 0.6 is 0 Å². The van der Waals surface area contributed by atoms with Crippen LogP contribution in [0.25, 0.3) is 11.1 Å². The predicted octanol–water partition coefficient (Wildman–Crippen LogP) is 2.63. The second-order valence-electron chi connectivity index (χ2n) is 4.34. The van der Waals surface area contributed by atoms with E-state index in [0.29, 0.717) is 6.61 Å². The number of hydrogen-bond acceptors (Lipinski definition) is 3. The number of ether oxygens (including phenoxy) is 1. The molecule has 4 heteroatoms. The minimum atomic E-state index is -0.335. The van der Waals surface area contributed by atoms with Crippen LogP contribution in [-0.2, 0) is 9.53 Å². The molecule has 19 heavy (non-hydrogen) atoms. The zero-order valence-electron chi connectivity index (χ0n) is 10.9. The van der Waals surface area contributed by atoms with E-state index in [4.69, 9.17) is 10.5 Å². The molecule has 1 atom stereocenters. The van der Waals surface area contributed by atoms with Crippen LogP contribution in [0.5, 0.6) is 0 Å². The summed E-state index contributed by atoms with van der Waals surface area (Å²) in [5.74, 6) is -0.262. The number of esters is 1. The molecule has 0 aliphatic carbocycles. The fraction of sp³-hybridized carbons (Fsp3) is 0.267. The molecule has 2 rings (SSSR count). The zero-order valence-corrected chi connectivity index (χ0v) is 10.9. The lowest BCUT2D eigenvalue weighted by Crippen LogP contribution is -2.17. The average Bonchev–Trinajstić information content (AvgIpc) is 2.93. The zero-order chi connectivity index (χ0) is 13.7. The van der Waals surface area contributed by atoms with E-state index in [1.165, 1.54) is 0 Å². The molecule has 0 unspecified atom stereocenters. The highest BCUT2D eigenvalue weighted by Crippen LogP contribution is 2.23. The van der Waals surface area contributed by atoms with E-state index in [1.54, 1.807) is 6.92 Å². The van der Waals surface area contributed by atoms with E-state index in [-0.39, 0.29) is 18.4 Å². The van der Waals surface area contributed by atoms with E-state index in [9.17, 15) is 4.79 Å². The first kappa shape index (κ1) is 13.4. The molecule has 0 amide bonds. The Labute approximate surface area is 112 Å². The van der Waals surface area contributed by atoms with E-state index < -0.39 is 0 Å². The molecule has 0 radical (unpaired) electrons. The minimum Gasteiger partial charge on any atom is -0.466 e. The van der Waals surface area contributed by atoms with Gasteiger partial charge in [0.15, 0.2) is 0 Å². The van der Waals surface area contributed by atoms with E-state index in [0.717, 1.165) is 16.7 Å². The third-order valence-corrected chi connectivity index (χ3v) is 2.94. The van der Waals surface area contributed by atoms with Crippen molar-refractivity contribution in [1.82, 2.24) is 4.98 Å². The second kappa shape index (κ2) is 6.20. The number of H-pyrrole nitrogens is 1. The smallest absolute Gasteiger partial charge is 0.307 e. The fourth-order valence-electron chi connectivity index (χ4n) is 1.97. The van der Waals surface area contributed by atoms with Gasteiger partial charge in [0.1, 0.15) is 0 Å². The third-order valence-electron chi connectivity index (χ3n) is 2.94. The van der Waals surface area contributed by atoms with Crippen molar-refractivity contribution in [2.45, 2.75) is 19.4 Å². The SMILES string of the molecule is CCOC(=O)C[C@H](N)c1cccc(-c2cc[nH]c2)c1. The number of rotatable bonds is 5. The van der Waals surface area contributed by atoms with Gasteiger partial charge in [-0.2, -0.15) is 0 Å². The van der Waals surface area contributed by atoms with Crippen molar-refractivity contribution in [3.05, 3.63) is 48.3 Å². The molecule has 4 nitrogen and oxygen atoms in total. The van der Waals surface area contributed by atoms with E-state index in [2.05, 4.69) is 4.98 Å². The lowest BCUT2D eigenvalue weighted by Gasteiger charge is -2.12. The molecule has 3 N–H and O–H groups in total. The first-order chi connectivity index (χ1) is 9.20. The molecule has 1 aromatic heterocycles. The predicted molar refractivity (Wildman–Crippen MR) is 74.4 cm³/mol. The maximum Gasteiger partial charge on any atom is 0.307 e. The summed E-state index contributed by atoms with van der Waals surface area (Å²) in [6.07, 6.45) is 4.00. The van der Waals surface area contributed by atoms with Crippen molar-refractivity contribution >= 4 is 5.97 Å². The lowest BCUT2D eigenvalue weighted by molar-refractivity contribution is -0.143. The normalized spacial score (nSPS) is 12.1. The van der Waals surface area contributed by atoms with Gasteiger partial charge >= 0.3 is 5.97 Å². The molecular formula is C15H18N2O2. The summed E-state index contributed by atoms with van der Waals surface area (Å²) >= 11 is 0. The Bertz CT molecular complexity index is 535. The van der Waals surface area contributed by atoms with Gasteiger partial charge < -0.3 is 15.5 Å². The highest BCUT2D eigenvalue weighted by Gasteiger charge is 2.13. The Morgan fingerprint density at radius 1 is 1.37 bits per heavy atom. The van der Waals surface area contributed by atoms with Gasteiger partial charge in [0.2, 0.25) is 0 Å². The van der Waals surface area contributed by atoms with Gasteiger partial charge in [-0.1, -0.05) is 18.2 Å². The molecule has 0 fully saturated rings. The summed E-state index contributed by atoms with van der Waals surface area (Å²) in [6.45, 7) is 2.17. The largest absolute Gasteiger partial charge is 0.466 e. The number of hydrogen-bond donors (Lipinski definition) is 2. The first-order valence-corrected chi connectivity index (χ1v) is 6.35.